The van der Waals surface area contributed by atoms with Crippen LogP contribution in [0.5, 0.6) is 0 Å². The monoisotopic (exact) mass is 185 g/mol. The predicted molar refractivity (Wildman–Crippen MR) is 53.7 cm³/mol. The van der Waals surface area contributed by atoms with Crippen LogP contribution >= 0.6 is 8.86 Å². The molecule has 0 aromatic heterocycles. The molecule has 0 aliphatic rings. The van der Waals surface area contributed by atoms with Crippen LogP contribution in [0.2, 0.25) is 0 Å². The summed E-state index contributed by atoms with van der Waals surface area (Å²) < 4.78 is 10.9. The van der Waals surface area contributed by atoms with Gasteiger partial charge in [0.2, 0.25) is 0 Å². The summed E-state index contributed by atoms with van der Waals surface area (Å²) in [5.41, 5.74) is 1.13. The number of hydrogen-bond acceptors (Lipinski definition) is 1. The normalized spacial score (nSPS) is 12.5. The maximum atomic E-state index is 10.9. The molecule has 11 heavy (non-hydrogen) atoms. The molecule has 3 heteroatoms. The van der Waals surface area contributed by atoms with Crippen LogP contribution in [-0.2, 0) is 10.8 Å². The Balaban J connectivity index is 3.00. The Morgan fingerprint density at radius 1 is 1.36 bits per heavy atom. The lowest BCUT2D eigenvalue weighted by Crippen LogP contribution is -1.86. The summed E-state index contributed by atoms with van der Waals surface area (Å²) >= 11 is 0. The molecule has 0 spiro atoms. The molecule has 58 valence electrons. The van der Waals surface area contributed by atoms with Gasteiger partial charge in [-0.1, -0.05) is 12.1 Å². The van der Waals surface area contributed by atoms with E-state index in [0.717, 1.165) is 10.5 Å². The topological polar surface area (TPSA) is 17.1 Å². The Labute approximate surface area is 71.1 Å². The molecule has 0 bridgehead atoms. The van der Waals surface area contributed by atoms with E-state index >= 15 is 0 Å². The van der Waals surface area contributed by atoms with Crippen molar-refractivity contribution in [2.45, 2.75) is 4.90 Å². The van der Waals surface area contributed by atoms with Gasteiger partial charge < -0.3 is 0 Å². The van der Waals surface area contributed by atoms with Crippen LogP contribution in [0.25, 0.3) is 0 Å². The van der Waals surface area contributed by atoms with E-state index in [1.807, 2.05) is 30.1 Å². The molecule has 2 atom stereocenters. The first-order chi connectivity index (χ1) is 5.24. The summed E-state index contributed by atoms with van der Waals surface area (Å²) in [6.07, 6.45) is 1.68. The van der Waals surface area contributed by atoms with Gasteiger partial charge in [0.25, 0.3) is 0 Å². The lowest BCUT2D eigenvalue weighted by molar-refractivity contribution is 0.687. The highest BCUT2D eigenvalue weighted by Gasteiger charge is 1.95. The van der Waals surface area contributed by atoms with Crippen LogP contribution < -0.4 is 0 Å². The molecule has 1 nitrogen and oxygen atoms in total. The summed E-state index contributed by atoms with van der Waals surface area (Å²) in [5, 5.41) is 0. The van der Waals surface area contributed by atoms with Gasteiger partial charge in [-0.3, -0.25) is 4.21 Å². The minimum atomic E-state index is -0.860. The molecule has 2 unspecified atom stereocenters. The van der Waals surface area contributed by atoms with Crippen molar-refractivity contribution in [1.29, 1.82) is 0 Å². The zero-order chi connectivity index (χ0) is 8.27. The molecule has 0 fully saturated rings. The zero-order valence-electron chi connectivity index (χ0n) is 6.28. The van der Waals surface area contributed by atoms with Gasteiger partial charge in [0.1, 0.15) is 5.80 Å². The van der Waals surface area contributed by atoms with E-state index in [1.54, 1.807) is 6.26 Å². The van der Waals surface area contributed by atoms with Crippen molar-refractivity contribution < 1.29 is 4.21 Å². The molecule has 0 aliphatic heterocycles. The van der Waals surface area contributed by atoms with Crippen LogP contribution in [0.4, 0.5) is 0 Å². The maximum absolute atomic E-state index is 10.9. The van der Waals surface area contributed by atoms with Crippen LogP contribution in [0.15, 0.2) is 29.2 Å². The van der Waals surface area contributed by atoms with E-state index in [9.17, 15) is 4.21 Å². The second kappa shape index (κ2) is 3.80. The van der Waals surface area contributed by atoms with Gasteiger partial charge in [0.15, 0.2) is 0 Å². The van der Waals surface area contributed by atoms with Gasteiger partial charge in [-0.15, -0.1) is 0 Å². The van der Waals surface area contributed by atoms with Gasteiger partial charge in [-0.2, -0.15) is 0 Å². The van der Waals surface area contributed by atoms with Gasteiger partial charge >= 0.3 is 0 Å². The fourth-order valence-electron chi connectivity index (χ4n) is 0.771. The third-order valence-electron chi connectivity index (χ3n) is 1.40. The van der Waals surface area contributed by atoms with Gasteiger partial charge in [-0.05, 0) is 12.1 Å². The van der Waals surface area contributed by atoms with E-state index in [4.69, 9.17) is 0 Å². The molecular formula is C8H10OPS+. The standard InChI is InChI=1S/C8H9OPS/c1-11(9)8-4-2-7(6-10)3-5-8/h2-6,10H,1H3/p+1. The van der Waals surface area contributed by atoms with Crippen molar-refractivity contribution in [1.82, 2.24) is 0 Å². The molecule has 0 amide bonds. The summed E-state index contributed by atoms with van der Waals surface area (Å²) in [4.78, 5) is 0.876. The number of benzene rings is 1. The van der Waals surface area contributed by atoms with E-state index in [2.05, 4.69) is 8.86 Å². The van der Waals surface area contributed by atoms with Gasteiger partial charge in [0.05, 0.1) is 8.86 Å². The van der Waals surface area contributed by atoms with Crippen molar-refractivity contribution in [3.8, 4) is 0 Å². The molecule has 0 N–H and O–H groups in total. The van der Waals surface area contributed by atoms with Crippen molar-refractivity contribution in [3.63, 3.8) is 0 Å². The average molecular weight is 185 g/mol. The third kappa shape index (κ3) is 2.25. The number of rotatable bonds is 2. The molecular weight excluding hydrogens is 175 g/mol. The fourth-order valence-corrected chi connectivity index (χ4v) is 1.51. The molecule has 0 radical (unpaired) electrons. The minimum absolute atomic E-state index is 0.860. The first-order valence-electron chi connectivity index (χ1n) is 3.22. The molecule has 1 aromatic carbocycles. The highest BCUT2D eigenvalue weighted by atomic mass is 32.2. The van der Waals surface area contributed by atoms with Crippen molar-refractivity contribution >= 4 is 25.5 Å². The Morgan fingerprint density at radius 3 is 2.27 bits per heavy atom. The Kier molecular flexibility index (Phi) is 2.98. The smallest absolute Gasteiger partial charge is 0.110 e. The van der Waals surface area contributed by atoms with E-state index in [1.165, 1.54) is 0 Å². The Bertz CT molecular complexity index is 279. The second-order valence-electron chi connectivity index (χ2n) is 2.19. The average Bonchev–Trinajstić information content (AvgIpc) is 2.05. The van der Waals surface area contributed by atoms with E-state index < -0.39 is 10.8 Å². The fraction of sp³-hybridized carbons (Fsp3) is 0.125. The molecule has 0 aliphatic carbocycles. The summed E-state index contributed by atoms with van der Waals surface area (Å²) in [5.74, 6) is 1.93. The number of hydrogen-bond donors (Lipinski definition) is 0. The molecule has 0 saturated heterocycles. The first kappa shape index (κ1) is 8.63. The van der Waals surface area contributed by atoms with Crippen LogP contribution in [0, 0.1) is 0 Å². The van der Waals surface area contributed by atoms with Gasteiger partial charge in [-0.25, -0.2) is 0 Å². The Morgan fingerprint density at radius 2 is 1.91 bits per heavy atom. The third-order valence-corrected chi connectivity index (χ3v) is 2.73. The second-order valence-corrected chi connectivity index (χ2v) is 3.90. The summed E-state index contributed by atoms with van der Waals surface area (Å²) in [7, 11) is 1.67. The summed E-state index contributed by atoms with van der Waals surface area (Å²) in [6.45, 7) is 0. The van der Waals surface area contributed by atoms with E-state index in [-0.39, 0.29) is 0 Å². The zero-order valence-corrected chi connectivity index (χ0v) is 8.25. The van der Waals surface area contributed by atoms with Crippen LogP contribution in [-0.4, -0.2) is 16.3 Å². The lowest BCUT2D eigenvalue weighted by Gasteiger charge is -1.94. The van der Waals surface area contributed by atoms with E-state index in [0.29, 0.717) is 0 Å². The highest BCUT2D eigenvalue weighted by molar-refractivity contribution is 7.84. The van der Waals surface area contributed by atoms with Crippen LogP contribution in [0.1, 0.15) is 5.56 Å². The maximum Gasteiger partial charge on any atom is 0.110 e. The first-order valence-corrected chi connectivity index (χ1v) is 5.45. The van der Waals surface area contributed by atoms with Crippen molar-refractivity contribution in [2.75, 3.05) is 6.26 Å². The Hall–Kier alpha value is -0.460. The molecule has 1 rings (SSSR count). The summed E-state index contributed by atoms with van der Waals surface area (Å²) in [6, 6.07) is 7.66. The SMILES string of the molecule is CS(=O)c1ccc(C=[PH2+])cc1. The predicted octanol–water partition coefficient (Wildman–Crippen LogP) is 1.45. The molecule has 0 saturated carbocycles. The van der Waals surface area contributed by atoms with Crippen molar-refractivity contribution in [2.24, 2.45) is 0 Å². The van der Waals surface area contributed by atoms with Gasteiger partial charge in [0, 0.05) is 27.5 Å². The van der Waals surface area contributed by atoms with Crippen LogP contribution in [0.3, 0.4) is 0 Å². The molecule has 0 heterocycles. The minimum Gasteiger partial charge on any atom is -0.255 e. The quantitative estimate of drug-likeness (QED) is 0.637. The highest BCUT2D eigenvalue weighted by Crippen LogP contribution is 2.05. The lowest BCUT2D eigenvalue weighted by atomic mass is 10.2. The molecule has 1 aromatic rings. The van der Waals surface area contributed by atoms with Crippen molar-refractivity contribution in [3.05, 3.63) is 29.8 Å². The largest absolute Gasteiger partial charge is 0.255 e.